The van der Waals surface area contributed by atoms with E-state index in [1.165, 1.54) is 0 Å². The highest BCUT2D eigenvalue weighted by Gasteiger charge is 2.13. The lowest BCUT2D eigenvalue weighted by atomic mass is 10.1. The lowest BCUT2D eigenvalue weighted by Gasteiger charge is -2.03. The van der Waals surface area contributed by atoms with Crippen LogP contribution in [0.4, 0.5) is 5.82 Å². The number of ketones is 1. The van der Waals surface area contributed by atoms with Crippen LogP contribution < -0.4 is 5.32 Å². The number of aryl methyl sites for hydroxylation is 2. The summed E-state index contributed by atoms with van der Waals surface area (Å²) < 4.78 is 0. The maximum absolute atomic E-state index is 12.3. The molecule has 20 heavy (non-hydrogen) atoms. The van der Waals surface area contributed by atoms with Crippen molar-refractivity contribution < 1.29 is 4.79 Å². The van der Waals surface area contributed by atoms with Crippen molar-refractivity contribution in [2.24, 2.45) is 0 Å². The average Bonchev–Trinajstić information content (AvgIpc) is 2.99. The SMILES string of the molecule is Cc1nc(NCC(=O)c2[nH]cc3ccccc23)c(C)s1. The number of thiazole rings is 1. The number of fused-ring (bicyclic) bond motifs is 1. The summed E-state index contributed by atoms with van der Waals surface area (Å²) in [6, 6.07) is 7.85. The predicted octanol–water partition coefficient (Wildman–Crippen LogP) is 3.54. The number of Topliss-reactive ketones (excluding diaryl/α,β-unsaturated/α-hetero) is 1. The molecule has 3 aromatic rings. The Morgan fingerprint density at radius 2 is 2.15 bits per heavy atom. The summed E-state index contributed by atoms with van der Waals surface area (Å²) >= 11 is 1.63. The Bertz CT molecular complexity index is 772. The topological polar surface area (TPSA) is 57.8 Å². The summed E-state index contributed by atoms with van der Waals surface area (Å²) in [6.07, 6.45) is 1.86. The number of aromatic amines is 1. The van der Waals surface area contributed by atoms with Crippen LogP contribution in [-0.2, 0) is 0 Å². The highest BCUT2D eigenvalue weighted by molar-refractivity contribution is 7.12. The van der Waals surface area contributed by atoms with E-state index in [9.17, 15) is 4.79 Å². The molecule has 0 saturated carbocycles. The fourth-order valence-electron chi connectivity index (χ4n) is 2.25. The first-order valence-electron chi connectivity index (χ1n) is 6.42. The zero-order valence-corrected chi connectivity index (χ0v) is 12.2. The van der Waals surface area contributed by atoms with Crippen LogP contribution in [0.1, 0.15) is 20.4 Å². The number of aromatic nitrogens is 2. The fourth-order valence-corrected chi connectivity index (χ4v) is 3.05. The summed E-state index contributed by atoms with van der Waals surface area (Å²) in [4.78, 5) is 20.8. The van der Waals surface area contributed by atoms with Gasteiger partial charge in [-0.3, -0.25) is 4.79 Å². The number of carbonyl (C=O) groups is 1. The van der Waals surface area contributed by atoms with Gasteiger partial charge in [-0.05, 0) is 19.2 Å². The molecule has 2 aromatic heterocycles. The van der Waals surface area contributed by atoms with Gasteiger partial charge in [0.15, 0.2) is 5.78 Å². The second kappa shape index (κ2) is 5.09. The Hall–Kier alpha value is -2.14. The van der Waals surface area contributed by atoms with E-state index in [1.807, 2.05) is 44.3 Å². The molecule has 0 aliphatic carbocycles. The molecule has 0 aliphatic heterocycles. The molecule has 0 spiro atoms. The summed E-state index contributed by atoms with van der Waals surface area (Å²) in [5.41, 5.74) is 0.651. The van der Waals surface area contributed by atoms with Crippen molar-refractivity contribution in [1.29, 1.82) is 0 Å². The molecule has 0 unspecified atom stereocenters. The van der Waals surface area contributed by atoms with Crippen LogP contribution in [0.3, 0.4) is 0 Å². The smallest absolute Gasteiger partial charge is 0.198 e. The maximum Gasteiger partial charge on any atom is 0.198 e. The van der Waals surface area contributed by atoms with Gasteiger partial charge < -0.3 is 10.3 Å². The normalized spacial score (nSPS) is 10.9. The summed E-state index contributed by atoms with van der Waals surface area (Å²) in [7, 11) is 0. The van der Waals surface area contributed by atoms with Crippen molar-refractivity contribution in [3.05, 3.63) is 46.0 Å². The third kappa shape index (κ3) is 2.32. The number of hydrogen-bond donors (Lipinski definition) is 2. The molecule has 4 nitrogen and oxygen atoms in total. The average molecular weight is 285 g/mol. The first-order valence-corrected chi connectivity index (χ1v) is 7.24. The van der Waals surface area contributed by atoms with Crippen molar-refractivity contribution >= 4 is 33.7 Å². The lowest BCUT2D eigenvalue weighted by molar-refractivity contribution is 0.100. The van der Waals surface area contributed by atoms with Crippen LogP contribution in [0.25, 0.3) is 10.8 Å². The van der Waals surface area contributed by atoms with Crippen molar-refractivity contribution in [3.8, 4) is 0 Å². The molecule has 3 rings (SSSR count). The van der Waals surface area contributed by atoms with Gasteiger partial charge >= 0.3 is 0 Å². The number of rotatable bonds is 4. The fraction of sp³-hybridized carbons (Fsp3) is 0.200. The Morgan fingerprint density at radius 3 is 2.90 bits per heavy atom. The number of hydrogen-bond acceptors (Lipinski definition) is 4. The monoisotopic (exact) mass is 285 g/mol. The van der Waals surface area contributed by atoms with Gasteiger partial charge in [0.2, 0.25) is 0 Å². The molecular weight excluding hydrogens is 270 g/mol. The van der Waals surface area contributed by atoms with E-state index in [-0.39, 0.29) is 12.3 Å². The highest BCUT2D eigenvalue weighted by Crippen LogP contribution is 2.22. The number of nitrogens with zero attached hydrogens (tertiary/aromatic N) is 1. The predicted molar refractivity (Wildman–Crippen MR) is 82.7 cm³/mol. The van der Waals surface area contributed by atoms with Crippen molar-refractivity contribution in [2.45, 2.75) is 13.8 Å². The standard InChI is InChI=1S/C15H15N3OS/c1-9-15(18-10(2)20-9)17-8-13(19)14-12-6-4-3-5-11(12)7-16-14/h3-7,16-17H,8H2,1-2H3. The number of carbonyl (C=O) groups excluding carboxylic acids is 1. The van der Waals surface area contributed by atoms with E-state index in [4.69, 9.17) is 0 Å². The van der Waals surface area contributed by atoms with Gasteiger partial charge in [0.05, 0.1) is 17.2 Å². The molecule has 0 fully saturated rings. The van der Waals surface area contributed by atoms with E-state index in [2.05, 4.69) is 15.3 Å². The van der Waals surface area contributed by atoms with Crippen molar-refractivity contribution in [3.63, 3.8) is 0 Å². The lowest BCUT2D eigenvalue weighted by Crippen LogP contribution is -2.15. The van der Waals surface area contributed by atoms with E-state index in [0.717, 1.165) is 26.5 Å². The van der Waals surface area contributed by atoms with Gasteiger partial charge in [0.25, 0.3) is 0 Å². The van der Waals surface area contributed by atoms with Gasteiger partial charge in [-0.15, -0.1) is 11.3 Å². The molecular formula is C15H15N3OS. The zero-order chi connectivity index (χ0) is 14.1. The van der Waals surface area contributed by atoms with Crippen LogP contribution in [-0.4, -0.2) is 22.3 Å². The molecule has 0 radical (unpaired) electrons. The van der Waals surface area contributed by atoms with E-state index < -0.39 is 0 Å². The highest BCUT2D eigenvalue weighted by atomic mass is 32.1. The molecule has 102 valence electrons. The zero-order valence-electron chi connectivity index (χ0n) is 11.4. The molecule has 2 N–H and O–H groups in total. The number of H-pyrrole nitrogens is 1. The quantitative estimate of drug-likeness (QED) is 0.721. The van der Waals surface area contributed by atoms with Crippen LogP contribution in [0.2, 0.25) is 0 Å². The van der Waals surface area contributed by atoms with Crippen LogP contribution in [0.5, 0.6) is 0 Å². The molecule has 1 aromatic carbocycles. The van der Waals surface area contributed by atoms with Gasteiger partial charge in [-0.25, -0.2) is 4.98 Å². The minimum atomic E-state index is 0.0382. The molecule has 0 aliphatic rings. The largest absolute Gasteiger partial charge is 0.362 e. The second-order valence-electron chi connectivity index (χ2n) is 4.67. The van der Waals surface area contributed by atoms with Crippen molar-refractivity contribution in [1.82, 2.24) is 9.97 Å². The van der Waals surface area contributed by atoms with Gasteiger partial charge in [0, 0.05) is 16.5 Å². The van der Waals surface area contributed by atoms with Crippen molar-refractivity contribution in [2.75, 3.05) is 11.9 Å². The maximum atomic E-state index is 12.3. The van der Waals surface area contributed by atoms with Crippen LogP contribution >= 0.6 is 11.3 Å². The van der Waals surface area contributed by atoms with E-state index >= 15 is 0 Å². The van der Waals surface area contributed by atoms with Gasteiger partial charge in [-0.1, -0.05) is 24.3 Å². The Kier molecular flexibility index (Phi) is 3.28. The first-order chi connectivity index (χ1) is 9.65. The van der Waals surface area contributed by atoms with E-state index in [1.54, 1.807) is 11.3 Å². The molecule has 0 saturated heterocycles. The Balaban J connectivity index is 1.78. The summed E-state index contributed by atoms with van der Waals surface area (Å²) in [5, 5.41) is 6.13. The molecule has 0 atom stereocenters. The van der Waals surface area contributed by atoms with Gasteiger partial charge in [-0.2, -0.15) is 0 Å². The molecule has 0 amide bonds. The summed E-state index contributed by atoms with van der Waals surface area (Å²) in [5.74, 6) is 0.841. The second-order valence-corrected chi connectivity index (χ2v) is 6.07. The number of anilines is 1. The molecule has 5 heteroatoms. The Labute approximate surface area is 120 Å². The third-order valence-electron chi connectivity index (χ3n) is 3.20. The number of benzene rings is 1. The van der Waals surface area contributed by atoms with Gasteiger partial charge in [0.1, 0.15) is 5.82 Å². The summed E-state index contributed by atoms with van der Waals surface area (Å²) in [6.45, 7) is 4.21. The van der Waals surface area contributed by atoms with Crippen LogP contribution in [0.15, 0.2) is 30.5 Å². The van der Waals surface area contributed by atoms with E-state index in [0.29, 0.717) is 5.69 Å². The first kappa shape index (κ1) is 12.9. The minimum Gasteiger partial charge on any atom is -0.362 e. The molecule has 2 heterocycles. The number of nitrogens with one attached hydrogen (secondary N) is 2. The third-order valence-corrected chi connectivity index (χ3v) is 4.09. The minimum absolute atomic E-state index is 0.0382. The van der Waals surface area contributed by atoms with Crippen LogP contribution in [0, 0.1) is 13.8 Å². The molecule has 0 bridgehead atoms. The Morgan fingerprint density at radius 1 is 1.35 bits per heavy atom.